The lowest BCUT2D eigenvalue weighted by Gasteiger charge is -2.22. The van der Waals surface area contributed by atoms with Gasteiger partial charge in [0.2, 0.25) is 0 Å². The van der Waals surface area contributed by atoms with E-state index in [0.29, 0.717) is 21.9 Å². The second-order valence-corrected chi connectivity index (χ2v) is 6.06. The quantitative estimate of drug-likeness (QED) is 0.802. The summed E-state index contributed by atoms with van der Waals surface area (Å²) in [5.74, 6) is -0.725. The summed E-state index contributed by atoms with van der Waals surface area (Å²) in [6, 6.07) is 13.8. The molecule has 4 amide bonds. The molecule has 0 bridgehead atoms. The smallest absolute Gasteiger partial charge is 0.344 e. The van der Waals surface area contributed by atoms with Crippen LogP contribution < -0.4 is 15.5 Å². The summed E-state index contributed by atoms with van der Waals surface area (Å²) >= 11 is 0. The number of amides is 4. The van der Waals surface area contributed by atoms with Gasteiger partial charge >= 0.3 is 6.03 Å². The van der Waals surface area contributed by atoms with Gasteiger partial charge in [-0.2, -0.15) is 10.3 Å². The third-order valence-corrected chi connectivity index (χ3v) is 4.33. The van der Waals surface area contributed by atoms with E-state index in [1.807, 2.05) is 6.07 Å². The van der Waals surface area contributed by atoms with Gasteiger partial charge in [-0.3, -0.25) is 15.0 Å². The number of hydrazine groups is 1. The second-order valence-electron chi connectivity index (χ2n) is 6.06. The first-order chi connectivity index (χ1) is 12.9. The fourth-order valence-electron chi connectivity index (χ4n) is 2.73. The molecule has 8 heteroatoms. The number of nitrogens with one attached hydrogen (secondary N) is 2. The molecule has 27 heavy (non-hydrogen) atoms. The molecule has 136 valence electrons. The third kappa shape index (κ3) is 3.18. The number of nitriles is 1. The first-order valence-corrected chi connectivity index (χ1v) is 8.01. The van der Waals surface area contributed by atoms with Crippen LogP contribution in [0.4, 0.5) is 4.79 Å². The maximum absolute atomic E-state index is 12.8. The molecule has 0 aliphatic carbocycles. The lowest BCUT2D eigenvalue weighted by molar-refractivity contribution is -0.132. The molecule has 2 N–H and O–H groups in total. The summed E-state index contributed by atoms with van der Waals surface area (Å²) < 4.78 is 5.16. The Morgan fingerprint density at radius 1 is 1.22 bits per heavy atom. The lowest BCUT2D eigenvalue weighted by atomic mass is 9.92. The Labute approximate surface area is 155 Å². The normalized spacial score (nSPS) is 18.6. The molecule has 0 unspecified atom stereocenters. The predicted octanol–water partition coefficient (Wildman–Crippen LogP) is 1.68. The van der Waals surface area contributed by atoms with E-state index >= 15 is 0 Å². The van der Waals surface area contributed by atoms with E-state index in [1.54, 1.807) is 31.2 Å². The molecule has 0 spiro atoms. The van der Waals surface area contributed by atoms with Crippen molar-refractivity contribution < 1.29 is 19.1 Å². The zero-order chi connectivity index (χ0) is 19.6. The number of carbonyl (C=O) groups is 3. The Morgan fingerprint density at radius 2 is 1.93 bits per heavy atom. The van der Waals surface area contributed by atoms with Gasteiger partial charge in [0.1, 0.15) is 11.3 Å². The van der Waals surface area contributed by atoms with Gasteiger partial charge in [-0.1, -0.05) is 12.1 Å². The van der Waals surface area contributed by atoms with E-state index in [0.717, 1.165) is 0 Å². The van der Waals surface area contributed by atoms with Crippen molar-refractivity contribution in [3.63, 3.8) is 0 Å². The Hall–Kier alpha value is -3.86. The van der Waals surface area contributed by atoms with Crippen molar-refractivity contribution in [3.05, 3.63) is 65.2 Å². The van der Waals surface area contributed by atoms with Crippen LogP contribution in [0.3, 0.4) is 0 Å². The largest absolute Gasteiger partial charge is 0.497 e. The molecule has 2 aromatic rings. The van der Waals surface area contributed by atoms with Gasteiger partial charge < -0.3 is 10.1 Å². The second kappa shape index (κ2) is 6.80. The van der Waals surface area contributed by atoms with Crippen molar-refractivity contribution in [1.82, 2.24) is 15.8 Å². The molecule has 1 fully saturated rings. The van der Waals surface area contributed by atoms with Crippen LogP contribution in [0.15, 0.2) is 48.5 Å². The van der Waals surface area contributed by atoms with Crippen LogP contribution in [-0.2, 0) is 10.3 Å². The number of benzene rings is 2. The maximum atomic E-state index is 12.8. The van der Waals surface area contributed by atoms with Crippen LogP contribution in [0.5, 0.6) is 5.75 Å². The highest BCUT2D eigenvalue weighted by atomic mass is 16.5. The van der Waals surface area contributed by atoms with Crippen molar-refractivity contribution in [2.24, 2.45) is 0 Å². The predicted molar refractivity (Wildman–Crippen MR) is 94.3 cm³/mol. The molecule has 0 radical (unpaired) electrons. The average Bonchev–Trinajstić information content (AvgIpc) is 2.92. The summed E-state index contributed by atoms with van der Waals surface area (Å²) in [5, 5.41) is 12.1. The molecule has 0 saturated carbocycles. The number of imide groups is 1. The molecule has 1 aliphatic rings. The van der Waals surface area contributed by atoms with Gasteiger partial charge in [-0.05, 0) is 48.9 Å². The molecule has 2 aromatic carbocycles. The lowest BCUT2D eigenvalue weighted by Crippen LogP contribution is -2.47. The third-order valence-electron chi connectivity index (χ3n) is 4.33. The van der Waals surface area contributed by atoms with Crippen LogP contribution in [0, 0.1) is 11.3 Å². The van der Waals surface area contributed by atoms with Crippen LogP contribution >= 0.6 is 0 Å². The van der Waals surface area contributed by atoms with Crippen molar-refractivity contribution in [3.8, 4) is 11.8 Å². The molecule has 3 rings (SSSR count). The number of rotatable bonds is 4. The van der Waals surface area contributed by atoms with Gasteiger partial charge in [0.05, 0.1) is 18.7 Å². The van der Waals surface area contributed by atoms with Crippen LogP contribution in [-0.4, -0.2) is 30.0 Å². The van der Waals surface area contributed by atoms with Gasteiger partial charge in [-0.25, -0.2) is 4.79 Å². The van der Waals surface area contributed by atoms with Crippen LogP contribution in [0.1, 0.15) is 28.4 Å². The van der Waals surface area contributed by atoms with Crippen LogP contribution in [0.2, 0.25) is 0 Å². The SMILES string of the molecule is COc1cccc([C@@]2(C)NC(=O)N(NC(=O)c3ccc(C#N)cc3)C2=O)c1. The van der Waals surface area contributed by atoms with E-state index in [2.05, 4.69) is 10.7 Å². The number of hydrogen-bond donors (Lipinski definition) is 2. The van der Waals surface area contributed by atoms with Gasteiger partial charge in [0, 0.05) is 5.56 Å². The summed E-state index contributed by atoms with van der Waals surface area (Å²) in [4.78, 5) is 37.5. The zero-order valence-corrected chi connectivity index (χ0v) is 14.6. The molecule has 1 aliphatic heterocycles. The van der Waals surface area contributed by atoms with E-state index in [-0.39, 0.29) is 5.56 Å². The van der Waals surface area contributed by atoms with E-state index in [4.69, 9.17) is 10.00 Å². The van der Waals surface area contributed by atoms with Crippen molar-refractivity contribution in [2.45, 2.75) is 12.5 Å². The number of methoxy groups -OCH3 is 1. The molecule has 1 heterocycles. The highest BCUT2D eigenvalue weighted by Crippen LogP contribution is 2.30. The molecule has 8 nitrogen and oxygen atoms in total. The number of hydrogen-bond acceptors (Lipinski definition) is 5. The fraction of sp³-hybridized carbons (Fsp3) is 0.158. The minimum absolute atomic E-state index is 0.213. The Kier molecular flexibility index (Phi) is 4.52. The van der Waals surface area contributed by atoms with Crippen molar-refractivity contribution >= 4 is 17.8 Å². The average molecular weight is 364 g/mol. The van der Waals surface area contributed by atoms with Crippen molar-refractivity contribution in [1.29, 1.82) is 5.26 Å². The van der Waals surface area contributed by atoms with Crippen LogP contribution in [0.25, 0.3) is 0 Å². The maximum Gasteiger partial charge on any atom is 0.344 e. The van der Waals surface area contributed by atoms with E-state index in [1.165, 1.54) is 31.4 Å². The molecule has 1 saturated heterocycles. The molecular weight excluding hydrogens is 348 g/mol. The minimum atomic E-state index is -1.34. The monoisotopic (exact) mass is 364 g/mol. The summed E-state index contributed by atoms with van der Waals surface area (Å²) in [6.45, 7) is 1.55. The molecular formula is C19H16N4O4. The minimum Gasteiger partial charge on any atom is -0.497 e. The van der Waals surface area contributed by atoms with Gasteiger partial charge in [0.25, 0.3) is 11.8 Å². The highest BCUT2D eigenvalue weighted by Gasteiger charge is 2.50. The first kappa shape index (κ1) is 17.9. The number of ether oxygens (including phenoxy) is 1. The fourth-order valence-corrected chi connectivity index (χ4v) is 2.73. The first-order valence-electron chi connectivity index (χ1n) is 8.01. The van der Waals surface area contributed by atoms with E-state index < -0.39 is 23.4 Å². The summed E-state index contributed by atoms with van der Waals surface area (Å²) in [7, 11) is 1.50. The Bertz CT molecular complexity index is 964. The Morgan fingerprint density at radius 3 is 2.56 bits per heavy atom. The number of urea groups is 1. The Balaban J connectivity index is 1.83. The summed E-state index contributed by atoms with van der Waals surface area (Å²) in [6.07, 6.45) is 0. The number of nitrogens with zero attached hydrogens (tertiary/aromatic N) is 2. The highest BCUT2D eigenvalue weighted by molar-refractivity contribution is 6.09. The summed E-state index contributed by atoms with van der Waals surface area (Å²) in [5.41, 5.74) is 2.09. The number of carbonyl (C=O) groups excluding carboxylic acids is 3. The molecule has 0 aromatic heterocycles. The van der Waals surface area contributed by atoms with Gasteiger partial charge in [0.15, 0.2) is 0 Å². The van der Waals surface area contributed by atoms with Crippen molar-refractivity contribution in [2.75, 3.05) is 7.11 Å². The standard InChI is InChI=1S/C19H16N4O4/c1-19(14-4-3-5-15(10-14)27-2)17(25)23(18(26)21-19)22-16(24)13-8-6-12(11-20)7-9-13/h3-10H,1-2H3,(H,21,26)(H,22,24)/t19-/m1/s1. The van der Waals surface area contributed by atoms with Gasteiger partial charge in [-0.15, -0.1) is 0 Å². The molecule has 1 atom stereocenters. The van der Waals surface area contributed by atoms with E-state index in [9.17, 15) is 14.4 Å². The zero-order valence-electron chi connectivity index (χ0n) is 14.6. The topological polar surface area (TPSA) is 112 Å².